The molecule has 1 amide bonds. The molecule has 0 saturated heterocycles. The molecule has 0 saturated carbocycles. The number of hydrogen-bond acceptors (Lipinski definition) is 5. The van der Waals surface area contributed by atoms with Gasteiger partial charge in [0.25, 0.3) is 5.91 Å². The smallest absolute Gasteiger partial charge is 0.290 e. The monoisotopic (exact) mass is 427 g/mol. The summed E-state index contributed by atoms with van der Waals surface area (Å²) in [4.78, 5) is 28.1. The van der Waals surface area contributed by atoms with Gasteiger partial charge in [0.2, 0.25) is 5.78 Å². The molecule has 0 radical (unpaired) electrons. The lowest BCUT2D eigenvalue weighted by atomic mass is 9.98. The van der Waals surface area contributed by atoms with E-state index >= 15 is 0 Å². The van der Waals surface area contributed by atoms with Gasteiger partial charge >= 0.3 is 0 Å². The van der Waals surface area contributed by atoms with Crippen LogP contribution in [0.4, 0.5) is 0 Å². The lowest BCUT2D eigenvalue weighted by Gasteiger charge is -2.25. The summed E-state index contributed by atoms with van der Waals surface area (Å²) in [6, 6.07) is 17.4. The molecular formula is C26H21NO5. The van der Waals surface area contributed by atoms with Crippen molar-refractivity contribution in [2.24, 2.45) is 0 Å². The first-order chi connectivity index (χ1) is 15.4. The van der Waals surface area contributed by atoms with E-state index in [2.05, 4.69) is 0 Å². The van der Waals surface area contributed by atoms with E-state index in [1.54, 1.807) is 24.3 Å². The Morgan fingerprint density at radius 3 is 2.62 bits per heavy atom. The van der Waals surface area contributed by atoms with Gasteiger partial charge in [-0.1, -0.05) is 42.0 Å². The largest absolute Gasteiger partial charge is 0.503 e. The van der Waals surface area contributed by atoms with Crippen LogP contribution in [-0.4, -0.2) is 21.7 Å². The van der Waals surface area contributed by atoms with Crippen LogP contribution in [0.2, 0.25) is 0 Å². The number of hydrogen-bond donors (Lipinski definition) is 1. The number of aryl methyl sites for hydroxylation is 2. The number of Topliss-reactive ketones (excluding diaryl/α,β-unsaturated/α-hetero) is 1. The van der Waals surface area contributed by atoms with Crippen molar-refractivity contribution in [2.45, 2.75) is 26.4 Å². The van der Waals surface area contributed by atoms with Crippen LogP contribution >= 0.6 is 0 Å². The van der Waals surface area contributed by atoms with Gasteiger partial charge in [0.05, 0.1) is 11.8 Å². The first kappa shape index (κ1) is 19.9. The van der Waals surface area contributed by atoms with Crippen LogP contribution in [0.1, 0.15) is 39.0 Å². The Labute approximate surface area is 184 Å². The molecule has 0 fully saturated rings. The molecular weight excluding hydrogens is 406 g/mol. The fourth-order valence-electron chi connectivity index (χ4n) is 4.17. The third-order valence-electron chi connectivity index (χ3n) is 5.86. The fourth-order valence-corrected chi connectivity index (χ4v) is 4.17. The Bertz CT molecular complexity index is 1340. The van der Waals surface area contributed by atoms with Crippen molar-refractivity contribution < 1.29 is 23.5 Å². The van der Waals surface area contributed by atoms with E-state index in [0.29, 0.717) is 11.3 Å². The Balaban J connectivity index is 1.58. The summed E-state index contributed by atoms with van der Waals surface area (Å²) in [5.74, 6) is -1.29. The van der Waals surface area contributed by atoms with E-state index in [1.165, 1.54) is 11.2 Å². The number of fused-ring (bicyclic) bond motifs is 1. The molecule has 6 nitrogen and oxygen atoms in total. The number of aliphatic hydroxyl groups is 1. The normalized spacial score (nSPS) is 16.4. The van der Waals surface area contributed by atoms with Crippen LogP contribution in [0.15, 0.2) is 87.1 Å². The third-order valence-corrected chi connectivity index (χ3v) is 5.86. The van der Waals surface area contributed by atoms with Crippen LogP contribution in [0, 0.1) is 13.8 Å². The molecule has 2 aromatic heterocycles. The van der Waals surface area contributed by atoms with Crippen molar-refractivity contribution >= 4 is 22.7 Å². The molecule has 1 atom stereocenters. The van der Waals surface area contributed by atoms with E-state index in [-0.39, 0.29) is 17.9 Å². The highest BCUT2D eigenvalue weighted by atomic mass is 16.3. The van der Waals surface area contributed by atoms with Gasteiger partial charge in [-0.25, -0.2) is 0 Å². The summed E-state index contributed by atoms with van der Waals surface area (Å²) in [5.41, 5.74) is 3.51. The molecule has 3 heterocycles. The molecule has 0 aliphatic carbocycles. The van der Waals surface area contributed by atoms with E-state index in [9.17, 15) is 14.7 Å². The number of aliphatic hydroxyl groups excluding tert-OH is 1. The molecule has 5 rings (SSSR count). The number of amides is 1. The standard InChI is InChI=1S/C26H21NO5/c1-15-9-10-16(2)18(12-15)14-27-23(20-8-5-11-31-20)22(25(29)26(27)30)24(28)21-13-17-6-3-4-7-19(17)32-21/h3-13,23,29H,14H2,1-2H3. The van der Waals surface area contributed by atoms with Crippen molar-refractivity contribution in [1.29, 1.82) is 0 Å². The highest BCUT2D eigenvalue weighted by molar-refractivity contribution is 6.15. The van der Waals surface area contributed by atoms with Crippen LogP contribution < -0.4 is 0 Å². The summed E-state index contributed by atoms with van der Waals surface area (Å²) in [7, 11) is 0. The highest BCUT2D eigenvalue weighted by Crippen LogP contribution is 2.41. The topological polar surface area (TPSA) is 83.9 Å². The van der Waals surface area contributed by atoms with Crippen molar-refractivity contribution in [3.8, 4) is 0 Å². The number of carbonyl (C=O) groups excluding carboxylic acids is 2. The quantitative estimate of drug-likeness (QED) is 0.430. The van der Waals surface area contributed by atoms with Crippen molar-refractivity contribution in [1.82, 2.24) is 4.90 Å². The molecule has 0 spiro atoms. The second-order valence-corrected chi connectivity index (χ2v) is 8.02. The van der Waals surface area contributed by atoms with Crippen LogP contribution in [-0.2, 0) is 11.3 Å². The number of ketones is 1. The summed E-state index contributed by atoms with van der Waals surface area (Å²) in [5, 5.41) is 11.6. The number of rotatable bonds is 5. The molecule has 1 unspecified atom stereocenters. The summed E-state index contributed by atoms with van der Waals surface area (Å²) >= 11 is 0. The molecule has 32 heavy (non-hydrogen) atoms. The van der Waals surface area contributed by atoms with E-state index in [4.69, 9.17) is 8.83 Å². The Morgan fingerprint density at radius 2 is 1.88 bits per heavy atom. The molecule has 4 aromatic rings. The molecule has 1 N–H and O–H groups in total. The van der Waals surface area contributed by atoms with E-state index in [1.807, 2.05) is 50.2 Å². The predicted molar refractivity (Wildman–Crippen MR) is 118 cm³/mol. The molecule has 1 aliphatic rings. The zero-order chi connectivity index (χ0) is 22.4. The SMILES string of the molecule is Cc1ccc(C)c(CN2C(=O)C(O)=C(C(=O)c3cc4ccccc4o3)C2c2ccco2)c1. The number of furan rings is 2. The van der Waals surface area contributed by atoms with Gasteiger partial charge in [0.1, 0.15) is 17.4 Å². The average Bonchev–Trinajstić information content (AvgIpc) is 3.51. The zero-order valence-corrected chi connectivity index (χ0v) is 17.7. The Morgan fingerprint density at radius 1 is 1.06 bits per heavy atom. The predicted octanol–water partition coefficient (Wildman–Crippen LogP) is 5.42. The van der Waals surface area contributed by atoms with E-state index in [0.717, 1.165) is 22.1 Å². The maximum Gasteiger partial charge on any atom is 0.290 e. The van der Waals surface area contributed by atoms with Crippen LogP contribution in [0.25, 0.3) is 11.0 Å². The summed E-state index contributed by atoms with van der Waals surface area (Å²) in [6.07, 6.45) is 1.48. The van der Waals surface area contributed by atoms with Gasteiger partial charge in [-0.15, -0.1) is 0 Å². The van der Waals surface area contributed by atoms with Gasteiger partial charge in [-0.2, -0.15) is 0 Å². The van der Waals surface area contributed by atoms with Crippen molar-refractivity contribution in [2.75, 3.05) is 0 Å². The minimum atomic E-state index is -0.863. The second kappa shape index (κ2) is 7.57. The van der Waals surface area contributed by atoms with Crippen LogP contribution in [0.3, 0.4) is 0 Å². The second-order valence-electron chi connectivity index (χ2n) is 8.02. The lowest BCUT2D eigenvalue weighted by Crippen LogP contribution is -2.30. The fraction of sp³-hybridized carbons (Fsp3) is 0.154. The molecule has 6 heteroatoms. The third kappa shape index (κ3) is 3.21. The molecule has 2 aromatic carbocycles. The summed E-state index contributed by atoms with van der Waals surface area (Å²) < 4.78 is 11.3. The average molecular weight is 427 g/mol. The van der Waals surface area contributed by atoms with Gasteiger partial charge in [0, 0.05) is 11.9 Å². The van der Waals surface area contributed by atoms with E-state index < -0.39 is 23.5 Å². The minimum Gasteiger partial charge on any atom is -0.503 e. The lowest BCUT2D eigenvalue weighted by molar-refractivity contribution is -0.130. The Kier molecular flexibility index (Phi) is 4.70. The number of benzene rings is 2. The molecule has 160 valence electrons. The summed E-state index contributed by atoms with van der Waals surface area (Å²) in [6.45, 7) is 4.16. The first-order valence-electron chi connectivity index (χ1n) is 10.3. The van der Waals surface area contributed by atoms with Gasteiger partial charge in [-0.3, -0.25) is 9.59 Å². The minimum absolute atomic E-state index is 0.0469. The number of nitrogens with zero attached hydrogens (tertiary/aromatic N) is 1. The van der Waals surface area contributed by atoms with Crippen molar-refractivity contribution in [3.63, 3.8) is 0 Å². The maximum absolute atomic E-state index is 13.5. The number of carbonyl (C=O) groups is 2. The first-order valence-corrected chi connectivity index (χ1v) is 10.3. The number of para-hydroxylation sites is 1. The van der Waals surface area contributed by atoms with Crippen molar-refractivity contribution in [3.05, 3.63) is 106 Å². The van der Waals surface area contributed by atoms with Crippen LogP contribution in [0.5, 0.6) is 0 Å². The highest BCUT2D eigenvalue weighted by Gasteiger charge is 2.46. The maximum atomic E-state index is 13.5. The van der Waals surface area contributed by atoms with Gasteiger partial charge < -0.3 is 18.8 Å². The van der Waals surface area contributed by atoms with Gasteiger partial charge in [-0.05, 0) is 49.2 Å². The zero-order valence-electron chi connectivity index (χ0n) is 17.7. The van der Waals surface area contributed by atoms with Gasteiger partial charge in [0.15, 0.2) is 11.5 Å². The molecule has 0 bridgehead atoms. The Hall–Kier alpha value is -4.06. The molecule has 1 aliphatic heterocycles.